The molecule has 2 unspecified atom stereocenters. The van der Waals surface area contributed by atoms with Gasteiger partial charge < -0.3 is 18.9 Å². The summed E-state index contributed by atoms with van der Waals surface area (Å²) in [6.07, 6.45) is 18.6. The van der Waals surface area contributed by atoms with Crippen LogP contribution in [0.25, 0.3) is 0 Å². The van der Waals surface area contributed by atoms with E-state index >= 15 is 0 Å². The molecule has 0 radical (unpaired) electrons. The van der Waals surface area contributed by atoms with Gasteiger partial charge in [0.25, 0.3) is 0 Å². The van der Waals surface area contributed by atoms with E-state index in [2.05, 4.69) is 13.8 Å². The summed E-state index contributed by atoms with van der Waals surface area (Å²) in [6.45, 7) is 5.84. The average molecular weight is 397 g/mol. The molecule has 4 nitrogen and oxygen atoms in total. The maximum absolute atomic E-state index is 6.07. The lowest BCUT2D eigenvalue weighted by atomic mass is 9.83. The second-order valence-corrected chi connectivity index (χ2v) is 9.48. The first kappa shape index (κ1) is 22.5. The van der Waals surface area contributed by atoms with Crippen LogP contribution in [0.4, 0.5) is 0 Å². The Bertz CT molecular complexity index is 357. The van der Waals surface area contributed by atoms with E-state index in [1.54, 1.807) is 0 Å². The Morgan fingerprint density at radius 3 is 1.25 bits per heavy atom. The van der Waals surface area contributed by atoms with Crippen molar-refractivity contribution >= 4 is 0 Å². The summed E-state index contributed by atoms with van der Waals surface area (Å²) in [5.74, 6) is 1.37. The van der Waals surface area contributed by atoms with Crippen molar-refractivity contribution in [1.29, 1.82) is 0 Å². The van der Waals surface area contributed by atoms with Crippen LogP contribution in [0.1, 0.15) is 104 Å². The molecule has 0 bridgehead atoms. The third kappa shape index (κ3) is 8.30. The Balaban J connectivity index is 1.22. The Kier molecular flexibility index (Phi) is 10.1. The van der Waals surface area contributed by atoms with Crippen LogP contribution in [0.5, 0.6) is 0 Å². The van der Waals surface area contributed by atoms with Crippen molar-refractivity contribution in [3.05, 3.63) is 0 Å². The molecule has 0 aliphatic heterocycles. The fourth-order valence-corrected chi connectivity index (χ4v) is 5.13. The molecule has 3 aliphatic rings. The standard InChI is InChI=1S/C24H44O4/c1-19(27-23-9-5-3-6-10-23)25-17-21-13-15-22(16-14-21)18-26-20(2)28-24-11-7-4-8-12-24/h19-24H,3-18H2,1-2H3. The first-order chi connectivity index (χ1) is 13.7. The molecule has 2 atom stereocenters. The number of ether oxygens (including phenoxy) is 4. The molecule has 164 valence electrons. The van der Waals surface area contributed by atoms with Gasteiger partial charge in [0.2, 0.25) is 0 Å². The Labute approximate surface area is 173 Å². The predicted molar refractivity (Wildman–Crippen MR) is 112 cm³/mol. The van der Waals surface area contributed by atoms with E-state index < -0.39 is 0 Å². The Morgan fingerprint density at radius 2 is 0.893 bits per heavy atom. The second-order valence-electron chi connectivity index (χ2n) is 9.48. The minimum absolute atomic E-state index is 0.0538. The van der Waals surface area contributed by atoms with E-state index in [1.807, 2.05) is 0 Å². The van der Waals surface area contributed by atoms with Crippen LogP contribution < -0.4 is 0 Å². The molecule has 3 fully saturated rings. The van der Waals surface area contributed by atoms with Crippen LogP contribution in [0.15, 0.2) is 0 Å². The predicted octanol–water partition coefficient (Wildman–Crippen LogP) is 6.22. The molecule has 0 aromatic heterocycles. The molecular formula is C24H44O4. The molecule has 0 heterocycles. The van der Waals surface area contributed by atoms with Gasteiger partial charge in [0.05, 0.1) is 25.4 Å². The van der Waals surface area contributed by atoms with Gasteiger partial charge in [-0.25, -0.2) is 0 Å². The van der Waals surface area contributed by atoms with E-state index in [-0.39, 0.29) is 12.6 Å². The van der Waals surface area contributed by atoms with E-state index in [1.165, 1.54) is 89.9 Å². The van der Waals surface area contributed by atoms with Crippen molar-refractivity contribution in [1.82, 2.24) is 0 Å². The van der Waals surface area contributed by atoms with Crippen molar-refractivity contribution in [2.75, 3.05) is 13.2 Å². The number of hydrogen-bond donors (Lipinski definition) is 0. The second kappa shape index (κ2) is 12.5. The van der Waals surface area contributed by atoms with Crippen molar-refractivity contribution in [2.45, 2.75) is 129 Å². The summed E-state index contributed by atoms with van der Waals surface area (Å²) >= 11 is 0. The lowest BCUT2D eigenvalue weighted by Gasteiger charge is -2.31. The highest BCUT2D eigenvalue weighted by atomic mass is 16.7. The van der Waals surface area contributed by atoms with E-state index in [9.17, 15) is 0 Å². The zero-order chi connectivity index (χ0) is 19.6. The minimum atomic E-state index is -0.0538. The van der Waals surface area contributed by atoms with Gasteiger partial charge in [-0.3, -0.25) is 0 Å². The lowest BCUT2D eigenvalue weighted by Crippen LogP contribution is -2.29. The molecule has 3 aliphatic carbocycles. The van der Waals surface area contributed by atoms with Crippen molar-refractivity contribution in [3.63, 3.8) is 0 Å². The third-order valence-corrected chi connectivity index (χ3v) is 6.97. The van der Waals surface area contributed by atoms with Crippen LogP contribution in [-0.2, 0) is 18.9 Å². The summed E-state index contributed by atoms with van der Waals surface area (Å²) in [5.41, 5.74) is 0. The molecular weight excluding hydrogens is 352 g/mol. The zero-order valence-electron chi connectivity index (χ0n) is 18.4. The van der Waals surface area contributed by atoms with Crippen molar-refractivity contribution in [2.24, 2.45) is 11.8 Å². The van der Waals surface area contributed by atoms with Crippen molar-refractivity contribution < 1.29 is 18.9 Å². The fourth-order valence-electron chi connectivity index (χ4n) is 5.13. The molecule has 28 heavy (non-hydrogen) atoms. The molecule has 0 spiro atoms. The highest BCUT2D eigenvalue weighted by Crippen LogP contribution is 2.30. The normalized spacial score (nSPS) is 30.2. The first-order valence-electron chi connectivity index (χ1n) is 12.2. The maximum Gasteiger partial charge on any atom is 0.155 e. The summed E-state index contributed by atoms with van der Waals surface area (Å²) in [4.78, 5) is 0. The molecule has 0 aromatic carbocycles. The molecule has 3 rings (SSSR count). The lowest BCUT2D eigenvalue weighted by molar-refractivity contribution is -0.179. The van der Waals surface area contributed by atoms with E-state index in [4.69, 9.17) is 18.9 Å². The van der Waals surface area contributed by atoms with E-state index in [0.717, 1.165) is 13.2 Å². The molecule has 0 aromatic rings. The van der Waals surface area contributed by atoms with Crippen molar-refractivity contribution in [3.8, 4) is 0 Å². The third-order valence-electron chi connectivity index (χ3n) is 6.97. The quantitative estimate of drug-likeness (QED) is 0.411. The highest BCUT2D eigenvalue weighted by Gasteiger charge is 2.24. The fraction of sp³-hybridized carbons (Fsp3) is 1.00. The summed E-state index contributed by atoms with van der Waals surface area (Å²) in [6, 6.07) is 0. The summed E-state index contributed by atoms with van der Waals surface area (Å²) in [5, 5.41) is 0. The minimum Gasteiger partial charge on any atom is -0.353 e. The largest absolute Gasteiger partial charge is 0.353 e. The van der Waals surface area contributed by atoms with Crippen LogP contribution >= 0.6 is 0 Å². The van der Waals surface area contributed by atoms with E-state index in [0.29, 0.717) is 24.0 Å². The number of hydrogen-bond acceptors (Lipinski definition) is 4. The molecule has 0 N–H and O–H groups in total. The Hall–Kier alpha value is -0.160. The topological polar surface area (TPSA) is 36.9 Å². The maximum atomic E-state index is 6.07. The van der Waals surface area contributed by atoms with Crippen LogP contribution in [0.2, 0.25) is 0 Å². The molecule has 3 saturated carbocycles. The molecule has 0 saturated heterocycles. The summed E-state index contributed by atoms with van der Waals surface area (Å²) < 4.78 is 24.2. The number of rotatable bonds is 10. The van der Waals surface area contributed by atoms with Gasteiger partial charge >= 0.3 is 0 Å². The van der Waals surface area contributed by atoms with Gasteiger partial charge in [0.15, 0.2) is 12.6 Å². The van der Waals surface area contributed by atoms with Gasteiger partial charge in [0.1, 0.15) is 0 Å². The Morgan fingerprint density at radius 1 is 0.536 bits per heavy atom. The van der Waals surface area contributed by atoms with Gasteiger partial charge in [-0.15, -0.1) is 0 Å². The average Bonchev–Trinajstić information content (AvgIpc) is 2.73. The monoisotopic (exact) mass is 396 g/mol. The van der Waals surface area contributed by atoms with Crippen LogP contribution in [0, 0.1) is 11.8 Å². The highest BCUT2D eigenvalue weighted by molar-refractivity contribution is 4.73. The van der Waals surface area contributed by atoms with Crippen LogP contribution in [-0.4, -0.2) is 38.0 Å². The van der Waals surface area contributed by atoms with Crippen LogP contribution in [0.3, 0.4) is 0 Å². The van der Waals surface area contributed by atoms with Gasteiger partial charge in [-0.05, 0) is 77.0 Å². The first-order valence-corrected chi connectivity index (χ1v) is 12.2. The van der Waals surface area contributed by atoms with Gasteiger partial charge in [0, 0.05) is 0 Å². The zero-order valence-corrected chi connectivity index (χ0v) is 18.4. The van der Waals surface area contributed by atoms with Gasteiger partial charge in [-0.2, -0.15) is 0 Å². The summed E-state index contributed by atoms with van der Waals surface area (Å²) in [7, 11) is 0. The smallest absolute Gasteiger partial charge is 0.155 e. The molecule has 0 amide bonds. The SMILES string of the molecule is CC(OCC1CCC(COC(C)OC2CCCCC2)CC1)OC1CCCCC1. The van der Waals surface area contributed by atoms with Gasteiger partial charge in [-0.1, -0.05) is 38.5 Å². The molecule has 4 heteroatoms.